The molecule has 0 rings (SSSR count). The summed E-state index contributed by atoms with van der Waals surface area (Å²) in [6.45, 7) is 6.50. The number of carbonyl (C=O) groups excluding carboxylic acids is 1. The highest BCUT2D eigenvalue weighted by Crippen LogP contribution is 1.92. The van der Waals surface area contributed by atoms with Crippen molar-refractivity contribution < 1.29 is 14.6 Å². The normalized spacial score (nSPS) is 12.7. The molecule has 4 nitrogen and oxygen atoms in total. The fraction of sp³-hybridized carbons (Fsp3) is 0.889. The summed E-state index contributed by atoms with van der Waals surface area (Å²) in [7, 11) is 0. The molecule has 0 aliphatic carbocycles. The van der Waals surface area contributed by atoms with Crippen molar-refractivity contribution in [1.29, 1.82) is 0 Å². The second kappa shape index (κ2) is 6.71. The van der Waals surface area contributed by atoms with Crippen LogP contribution in [0.25, 0.3) is 0 Å². The van der Waals surface area contributed by atoms with Crippen LogP contribution in [0.3, 0.4) is 0 Å². The van der Waals surface area contributed by atoms with E-state index in [1.54, 1.807) is 0 Å². The van der Waals surface area contributed by atoms with E-state index in [1.165, 1.54) is 0 Å². The summed E-state index contributed by atoms with van der Waals surface area (Å²) in [5.74, 6) is 0.406. The molecule has 0 aromatic rings. The lowest BCUT2D eigenvalue weighted by Crippen LogP contribution is -2.30. The molecule has 1 unspecified atom stereocenters. The first-order chi connectivity index (χ1) is 6.06. The first-order valence-electron chi connectivity index (χ1n) is 4.65. The molecule has 0 aromatic heterocycles. The van der Waals surface area contributed by atoms with Gasteiger partial charge in [0.2, 0.25) is 0 Å². The monoisotopic (exact) mass is 189 g/mol. The molecule has 2 N–H and O–H groups in total. The summed E-state index contributed by atoms with van der Waals surface area (Å²) in [5.41, 5.74) is 0. The van der Waals surface area contributed by atoms with E-state index in [-0.39, 0.29) is 6.61 Å². The van der Waals surface area contributed by atoms with E-state index in [2.05, 4.69) is 5.32 Å². The van der Waals surface area contributed by atoms with Crippen LogP contribution in [0.4, 0.5) is 4.79 Å². The molecular weight excluding hydrogens is 170 g/mol. The fourth-order valence-electron chi connectivity index (χ4n) is 0.628. The highest BCUT2D eigenvalue weighted by atomic mass is 16.6. The molecular formula is C9H19NO3. The number of hydrogen-bond acceptors (Lipinski definition) is 3. The lowest BCUT2D eigenvalue weighted by Gasteiger charge is -2.10. The molecule has 0 aromatic carbocycles. The zero-order chi connectivity index (χ0) is 10.3. The Morgan fingerprint density at radius 3 is 2.62 bits per heavy atom. The number of alkyl carbamates (subject to hydrolysis) is 1. The van der Waals surface area contributed by atoms with Gasteiger partial charge in [-0.15, -0.1) is 0 Å². The number of aliphatic hydroxyl groups is 1. The number of aliphatic hydroxyl groups excluding tert-OH is 1. The molecule has 0 bridgehead atoms. The summed E-state index contributed by atoms with van der Waals surface area (Å²) in [5, 5.41) is 11.7. The van der Waals surface area contributed by atoms with Crippen molar-refractivity contribution in [3.63, 3.8) is 0 Å². The zero-order valence-corrected chi connectivity index (χ0v) is 8.54. The standard InChI is InChI=1S/C9H19NO3/c1-4-8(11)6-13-9(12)10-5-7(2)3/h7-8,11H,4-6H2,1-3H3,(H,10,12). The minimum absolute atomic E-state index is 0.0699. The Morgan fingerprint density at radius 2 is 2.15 bits per heavy atom. The molecule has 0 radical (unpaired) electrons. The van der Waals surface area contributed by atoms with Crippen LogP contribution >= 0.6 is 0 Å². The molecule has 4 heteroatoms. The molecule has 0 saturated carbocycles. The molecule has 0 saturated heterocycles. The lowest BCUT2D eigenvalue weighted by atomic mass is 10.2. The Hall–Kier alpha value is -0.770. The largest absolute Gasteiger partial charge is 0.447 e. The third-order valence-electron chi connectivity index (χ3n) is 1.53. The van der Waals surface area contributed by atoms with Gasteiger partial charge < -0.3 is 15.2 Å². The summed E-state index contributed by atoms with van der Waals surface area (Å²) in [6, 6.07) is 0. The van der Waals surface area contributed by atoms with Crippen LogP contribution in [0.1, 0.15) is 27.2 Å². The van der Waals surface area contributed by atoms with E-state index >= 15 is 0 Å². The summed E-state index contributed by atoms with van der Waals surface area (Å²) >= 11 is 0. The molecule has 78 valence electrons. The van der Waals surface area contributed by atoms with Crippen LogP contribution in [0.5, 0.6) is 0 Å². The van der Waals surface area contributed by atoms with Crippen LogP contribution in [0.15, 0.2) is 0 Å². The minimum atomic E-state index is -0.551. The van der Waals surface area contributed by atoms with Crippen molar-refractivity contribution in [2.75, 3.05) is 13.2 Å². The fourth-order valence-corrected chi connectivity index (χ4v) is 0.628. The van der Waals surface area contributed by atoms with Gasteiger partial charge in [-0.25, -0.2) is 4.79 Å². The van der Waals surface area contributed by atoms with Gasteiger partial charge in [0.25, 0.3) is 0 Å². The summed E-state index contributed by atoms with van der Waals surface area (Å²) < 4.78 is 4.75. The molecule has 13 heavy (non-hydrogen) atoms. The average Bonchev–Trinajstić information content (AvgIpc) is 2.10. The maximum Gasteiger partial charge on any atom is 0.407 e. The number of ether oxygens (including phenoxy) is 1. The second-order valence-corrected chi connectivity index (χ2v) is 3.44. The summed E-state index contributed by atoms with van der Waals surface area (Å²) in [4.78, 5) is 10.9. The van der Waals surface area contributed by atoms with Gasteiger partial charge in [-0.2, -0.15) is 0 Å². The highest BCUT2D eigenvalue weighted by Gasteiger charge is 2.06. The van der Waals surface area contributed by atoms with Gasteiger partial charge in [0.15, 0.2) is 0 Å². The maximum atomic E-state index is 10.9. The SMILES string of the molecule is CCC(O)COC(=O)NCC(C)C. The average molecular weight is 189 g/mol. The van der Waals surface area contributed by atoms with Crippen molar-refractivity contribution in [3.8, 4) is 0 Å². The van der Waals surface area contributed by atoms with Gasteiger partial charge in [0.1, 0.15) is 6.61 Å². The predicted octanol–water partition coefficient (Wildman–Crippen LogP) is 1.14. The van der Waals surface area contributed by atoms with Crippen LogP contribution in [-0.2, 0) is 4.74 Å². The van der Waals surface area contributed by atoms with Crippen LogP contribution in [0, 0.1) is 5.92 Å². The zero-order valence-electron chi connectivity index (χ0n) is 8.54. The number of hydrogen-bond donors (Lipinski definition) is 2. The van der Waals surface area contributed by atoms with E-state index in [1.807, 2.05) is 20.8 Å². The topological polar surface area (TPSA) is 58.6 Å². The van der Waals surface area contributed by atoms with Gasteiger partial charge in [0, 0.05) is 6.54 Å². The molecule has 1 atom stereocenters. The smallest absolute Gasteiger partial charge is 0.407 e. The minimum Gasteiger partial charge on any atom is -0.447 e. The van der Waals surface area contributed by atoms with E-state index in [0.29, 0.717) is 18.9 Å². The molecule has 0 fully saturated rings. The number of rotatable bonds is 5. The van der Waals surface area contributed by atoms with E-state index in [4.69, 9.17) is 9.84 Å². The second-order valence-electron chi connectivity index (χ2n) is 3.44. The quantitative estimate of drug-likeness (QED) is 0.681. The first kappa shape index (κ1) is 12.2. The van der Waals surface area contributed by atoms with Crippen molar-refractivity contribution in [2.45, 2.75) is 33.3 Å². The van der Waals surface area contributed by atoms with Crippen molar-refractivity contribution in [1.82, 2.24) is 5.32 Å². The van der Waals surface area contributed by atoms with Gasteiger partial charge in [0.05, 0.1) is 6.10 Å². The molecule has 0 heterocycles. The van der Waals surface area contributed by atoms with Crippen LogP contribution in [-0.4, -0.2) is 30.5 Å². The third-order valence-corrected chi connectivity index (χ3v) is 1.53. The molecule has 1 amide bonds. The molecule has 0 spiro atoms. The van der Waals surface area contributed by atoms with Crippen molar-refractivity contribution in [3.05, 3.63) is 0 Å². The van der Waals surface area contributed by atoms with Crippen molar-refractivity contribution in [2.24, 2.45) is 5.92 Å². The Morgan fingerprint density at radius 1 is 1.54 bits per heavy atom. The third kappa shape index (κ3) is 7.59. The maximum absolute atomic E-state index is 10.9. The Labute approximate surface area is 79.3 Å². The highest BCUT2D eigenvalue weighted by molar-refractivity contribution is 5.67. The predicted molar refractivity (Wildman–Crippen MR) is 50.5 cm³/mol. The summed E-state index contributed by atoms with van der Waals surface area (Å²) in [6.07, 6.45) is -0.414. The Balaban J connectivity index is 3.40. The van der Waals surface area contributed by atoms with E-state index < -0.39 is 12.2 Å². The van der Waals surface area contributed by atoms with Gasteiger partial charge in [-0.1, -0.05) is 20.8 Å². The lowest BCUT2D eigenvalue weighted by molar-refractivity contribution is 0.0660. The van der Waals surface area contributed by atoms with E-state index in [0.717, 1.165) is 0 Å². The number of amides is 1. The van der Waals surface area contributed by atoms with Gasteiger partial charge in [-0.3, -0.25) is 0 Å². The van der Waals surface area contributed by atoms with E-state index in [9.17, 15) is 4.79 Å². The number of carbonyl (C=O) groups is 1. The Kier molecular flexibility index (Phi) is 6.32. The van der Waals surface area contributed by atoms with Gasteiger partial charge >= 0.3 is 6.09 Å². The first-order valence-corrected chi connectivity index (χ1v) is 4.65. The number of nitrogens with one attached hydrogen (secondary N) is 1. The molecule has 0 aliphatic rings. The van der Waals surface area contributed by atoms with Crippen LogP contribution < -0.4 is 5.32 Å². The van der Waals surface area contributed by atoms with Crippen molar-refractivity contribution >= 4 is 6.09 Å². The van der Waals surface area contributed by atoms with Gasteiger partial charge in [-0.05, 0) is 12.3 Å². The Bertz CT molecular complexity index is 148. The van der Waals surface area contributed by atoms with Crippen LogP contribution in [0.2, 0.25) is 0 Å². The molecule has 0 aliphatic heterocycles.